The Kier molecular flexibility index (Phi) is 5.50. The Bertz CT molecular complexity index is 697. The van der Waals surface area contributed by atoms with Gasteiger partial charge in [0.2, 0.25) is 11.8 Å². The van der Waals surface area contributed by atoms with Crippen LogP contribution in [0.4, 0.5) is 5.95 Å². The predicted octanol–water partition coefficient (Wildman–Crippen LogP) is 2.91. The molecule has 1 aromatic heterocycles. The van der Waals surface area contributed by atoms with Gasteiger partial charge in [0.05, 0.1) is 25.0 Å². The standard InChI is InChI=1S/C19H26N4O2/c1-13(2)25-18-12-17(21-19(20)22-18)16-6-4-15(5-7-16)14(3)23-8-10-24-11-9-23/h4-7,12-14H,8-11H2,1-3H3,(H2,20,21,22). The van der Waals surface area contributed by atoms with Crippen LogP contribution in [0.5, 0.6) is 5.88 Å². The van der Waals surface area contributed by atoms with Gasteiger partial charge in [0.25, 0.3) is 0 Å². The van der Waals surface area contributed by atoms with E-state index in [2.05, 4.69) is 46.1 Å². The molecule has 1 atom stereocenters. The Labute approximate surface area is 149 Å². The molecule has 1 aliphatic rings. The second kappa shape index (κ2) is 7.80. The Morgan fingerprint density at radius 3 is 2.40 bits per heavy atom. The van der Waals surface area contributed by atoms with E-state index >= 15 is 0 Å². The van der Waals surface area contributed by atoms with Crippen molar-refractivity contribution in [3.63, 3.8) is 0 Å². The quantitative estimate of drug-likeness (QED) is 0.901. The topological polar surface area (TPSA) is 73.5 Å². The molecule has 2 N–H and O–H groups in total. The number of rotatable bonds is 5. The smallest absolute Gasteiger partial charge is 0.223 e. The van der Waals surface area contributed by atoms with Gasteiger partial charge in [-0.05, 0) is 26.3 Å². The van der Waals surface area contributed by atoms with Crippen LogP contribution in [0.15, 0.2) is 30.3 Å². The highest BCUT2D eigenvalue weighted by Crippen LogP contribution is 2.26. The summed E-state index contributed by atoms with van der Waals surface area (Å²) in [6, 6.07) is 10.7. The van der Waals surface area contributed by atoms with Crippen molar-refractivity contribution in [2.24, 2.45) is 0 Å². The van der Waals surface area contributed by atoms with E-state index in [0.29, 0.717) is 11.9 Å². The van der Waals surface area contributed by atoms with Gasteiger partial charge in [-0.15, -0.1) is 0 Å². The number of nitrogens with zero attached hydrogens (tertiary/aromatic N) is 3. The highest BCUT2D eigenvalue weighted by molar-refractivity contribution is 5.61. The lowest BCUT2D eigenvalue weighted by Crippen LogP contribution is -2.37. The first-order valence-corrected chi connectivity index (χ1v) is 8.76. The number of anilines is 1. The summed E-state index contributed by atoms with van der Waals surface area (Å²) in [5, 5.41) is 0. The number of morpholine rings is 1. The minimum Gasteiger partial charge on any atom is -0.475 e. The number of nitrogen functional groups attached to an aromatic ring is 1. The average Bonchev–Trinajstić information content (AvgIpc) is 2.61. The summed E-state index contributed by atoms with van der Waals surface area (Å²) in [4.78, 5) is 10.9. The molecule has 0 spiro atoms. The van der Waals surface area contributed by atoms with Crippen molar-refractivity contribution in [1.82, 2.24) is 14.9 Å². The molecule has 3 rings (SSSR count). The van der Waals surface area contributed by atoms with Crippen LogP contribution in [0.3, 0.4) is 0 Å². The third-order valence-corrected chi connectivity index (χ3v) is 4.36. The molecule has 0 amide bonds. The summed E-state index contributed by atoms with van der Waals surface area (Å²) in [7, 11) is 0. The summed E-state index contributed by atoms with van der Waals surface area (Å²) in [5.41, 5.74) is 8.88. The van der Waals surface area contributed by atoms with Crippen molar-refractivity contribution in [3.05, 3.63) is 35.9 Å². The minimum absolute atomic E-state index is 0.0406. The van der Waals surface area contributed by atoms with Crippen LogP contribution < -0.4 is 10.5 Å². The molecule has 1 unspecified atom stereocenters. The molecule has 1 saturated heterocycles. The van der Waals surface area contributed by atoms with E-state index in [1.165, 1.54) is 5.56 Å². The normalized spacial score (nSPS) is 16.8. The number of nitrogens with two attached hydrogens (primary N) is 1. The molecular weight excluding hydrogens is 316 g/mol. The van der Waals surface area contributed by atoms with E-state index in [1.807, 2.05) is 19.9 Å². The fraction of sp³-hybridized carbons (Fsp3) is 0.474. The van der Waals surface area contributed by atoms with E-state index in [1.54, 1.807) is 0 Å². The van der Waals surface area contributed by atoms with Crippen LogP contribution >= 0.6 is 0 Å². The maximum atomic E-state index is 5.83. The maximum absolute atomic E-state index is 5.83. The van der Waals surface area contributed by atoms with Crippen molar-refractivity contribution in [2.45, 2.75) is 32.9 Å². The number of aromatic nitrogens is 2. The molecule has 6 nitrogen and oxygen atoms in total. The number of ether oxygens (including phenoxy) is 2. The molecule has 25 heavy (non-hydrogen) atoms. The van der Waals surface area contributed by atoms with E-state index in [4.69, 9.17) is 15.2 Å². The number of hydrogen-bond acceptors (Lipinski definition) is 6. The summed E-state index contributed by atoms with van der Waals surface area (Å²) < 4.78 is 11.1. The monoisotopic (exact) mass is 342 g/mol. The summed E-state index contributed by atoms with van der Waals surface area (Å²) in [6.07, 6.45) is 0.0406. The van der Waals surface area contributed by atoms with E-state index in [9.17, 15) is 0 Å². The second-order valence-electron chi connectivity index (χ2n) is 6.56. The molecule has 134 valence electrons. The lowest BCUT2D eigenvalue weighted by molar-refractivity contribution is 0.0198. The lowest BCUT2D eigenvalue weighted by Gasteiger charge is -2.32. The van der Waals surface area contributed by atoms with Crippen molar-refractivity contribution < 1.29 is 9.47 Å². The van der Waals surface area contributed by atoms with E-state index in [-0.39, 0.29) is 12.1 Å². The molecule has 1 fully saturated rings. The molecule has 0 saturated carbocycles. The molecule has 0 radical (unpaired) electrons. The van der Waals surface area contributed by atoms with Crippen molar-refractivity contribution in [1.29, 1.82) is 0 Å². The molecular formula is C19H26N4O2. The molecule has 1 aliphatic heterocycles. The predicted molar refractivity (Wildman–Crippen MR) is 98.5 cm³/mol. The van der Waals surface area contributed by atoms with Gasteiger partial charge < -0.3 is 15.2 Å². The van der Waals surface area contributed by atoms with Crippen LogP contribution in [0.25, 0.3) is 11.3 Å². The van der Waals surface area contributed by atoms with Crippen LogP contribution in [-0.2, 0) is 4.74 Å². The zero-order valence-corrected chi connectivity index (χ0v) is 15.1. The molecule has 2 aromatic rings. The fourth-order valence-corrected chi connectivity index (χ4v) is 3.00. The average molecular weight is 342 g/mol. The third kappa shape index (κ3) is 4.46. The van der Waals surface area contributed by atoms with Crippen LogP contribution in [0.2, 0.25) is 0 Å². The molecule has 6 heteroatoms. The first-order chi connectivity index (χ1) is 12.0. The van der Waals surface area contributed by atoms with Gasteiger partial charge in [0, 0.05) is 30.8 Å². The molecule has 2 heterocycles. The summed E-state index contributed by atoms with van der Waals surface area (Å²) in [5.74, 6) is 0.724. The van der Waals surface area contributed by atoms with Gasteiger partial charge in [-0.25, -0.2) is 4.98 Å². The van der Waals surface area contributed by atoms with Gasteiger partial charge in [0.15, 0.2) is 0 Å². The van der Waals surface area contributed by atoms with E-state index < -0.39 is 0 Å². The largest absolute Gasteiger partial charge is 0.475 e. The molecule has 1 aromatic carbocycles. The number of hydrogen-bond donors (Lipinski definition) is 1. The van der Waals surface area contributed by atoms with Crippen molar-refractivity contribution in [3.8, 4) is 17.1 Å². The van der Waals surface area contributed by atoms with Gasteiger partial charge in [0.1, 0.15) is 0 Å². The maximum Gasteiger partial charge on any atom is 0.223 e. The summed E-state index contributed by atoms with van der Waals surface area (Å²) >= 11 is 0. The highest BCUT2D eigenvalue weighted by atomic mass is 16.5. The van der Waals surface area contributed by atoms with Gasteiger partial charge >= 0.3 is 0 Å². The van der Waals surface area contributed by atoms with Gasteiger partial charge in [-0.3, -0.25) is 4.90 Å². The SMILES string of the molecule is CC(C)Oc1cc(-c2ccc(C(C)N3CCOCC3)cc2)nc(N)n1. The van der Waals surface area contributed by atoms with Gasteiger partial charge in [-0.1, -0.05) is 24.3 Å². The first kappa shape index (κ1) is 17.6. The first-order valence-electron chi connectivity index (χ1n) is 8.76. The molecule has 0 bridgehead atoms. The Hall–Kier alpha value is -2.18. The van der Waals surface area contributed by atoms with Crippen LogP contribution in [0.1, 0.15) is 32.4 Å². The fourth-order valence-electron chi connectivity index (χ4n) is 3.00. The van der Waals surface area contributed by atoms with Gasteiger partial charge in [-0.2, -0.15) is 4.98 Å². The van der Waals surface area contributed by atoms with Crippen LogP contribution in [0, 0.1) is 0 Å². The second-order valence-corrected chi connectivity index (χ2v) is 6.56. The molecule has 0 aliphatic carbocycles. The third-order valence-electron chi connectivity index (χ3n) is 4.36. The lowest BCUT2D eigenvalue weighted by atomic mass is 10.0. The van der Waals surface area contributed by atoms with Crippen molar-refractivity contribution in [2.75, 3.05) is 32.0 Å². The minimum atomic E-state index is 0.0406. The summed E-state index contributed by atoms with van der Waals surface area (Å²) in [6.45, 7) is 9.71. The number of benzene rings is 1. The van der Waals surface area contributed by atoms with E-state index in [0.717, 1.165) is 37.6 Å². The Balaban J connectivity index is 1.79. The Morgan fingerprint density at radius 1 is 1.08 bits per heavy atom. The zero-order chi connectivity index (χ0) is 17.8. The zero-order valence-electron chi connectivity index (χ0n) is 15.1. The highest BCUT2D eigenvalue weighted by Gasteiger charge is 2.18. The van der Waals surface area contributed by atoms with Crippen LogP contribution in [-0.4, -0.2) is 47.3 Å². The Morgan fingerprint density at radius 2 is 1.76 bits per heavy atom. The van der Waals surface area contributed by atoms with Crippen molar-refractivity contribution >= 4 is 5.95 Å².